The van der Waals surface area contributed by atoms with E-state index in [0.717, 1.165) is 0 Å². The lowest BCUT2D eigenvalue weighted by molar-refractivity contribution is -0.118. The van der Waals surface area contributed by atoms with Gasteiger partial charge in [0.15, 0.2) is 0 Å². The number of halogens is 2. The Bertz CT molecular complexity index is 328. The Morgan fingerprint density at radius 1 is 1.38 bits per heavy atom. The normalized spacial score (nSPS) is 9.46. The Morgan fingerprint density at radius 3 is 2.69 bits per heavy atom. The highest BCUT2D eigenvalue weighted by Gasteiger charge is 2.00. The van der Waals surface area contributed by atoms with Gasteiger partial charge in [0.1, 0.15) is 0 Å². The molecular formula is C8H8Cl2N2O. The Labute approximate surface area is 86.0 Å². The third kappa shape index (κ3) is 3.13. The fourth-order valence-electron chi connectivity index (χ4n) is 0.749. The summed E-state index contributed by atoms with van der Waals surface area (Å²) in [6.45, 7) is 1.39. The molecule has 0 atom stereocenters. The lowest BCUT2D eigenvalue weighted by Crippen LogP contribution is -2.26. The fourth-order valence-corrected chi connectivity index (χ4v) is 1.09. The molecule has 1 aromatic rings. The van der Waals surface area contributed by atoms with E-state index in [4.69, 9.17) is 23.2 Å². The van der Waals surface area contributed by atoms with Crippen molar-refractivity contribution in [2.45, 2.75) is 6.92 Å². The van der Waals surface area contributed by atoms with Crippen LogP contribution in [0.3, 0.4) is 0 Å². The third-order valence-electron chi connectivity index (χ3n) is 1.30. The van der Waals surface area contributed by atoms with Gasteiger partial charge in [-0.15, -0.1) is 0 Å². The standard InChI is InChI=1S/C8H8Cl2N2O/c1-5(13)11-12-8-4-6(9)2-3-7(8)10/h2-4,12H,1H3,(H,11,13). The molecule has 0 radical (unpaired) electrons. The fraction of sp³-hybridized carbons (Fsp3) is 0.125. The summed E-state index contributed by atoms with van der Waals surface area (Å²) in [6, 6.07) is 4.94. The first-order valence-corrected chi connectivity index (χ1v) is 4.33. The van der Waals surface area contributed by atoms with Crippen molar-refractivity contribution < 1.29 is 4.79 Å². The van der Waals surface area contributed by atoms with E-state index in [9.17, 15) is 4.79 Å². The lowest BCUT2D eigenvalue weighted by Gasteiger charge is -2.07. The number of hydrogen-bond donors (Lipinski definition) is 2. The second kappa shape index (κ2) is 4.35. The summed E-state index contributed by atoms with van der Waals surface area (Å²) < 4.78 is 0. The third-order valence-corrected chi connectivity index (χ3v) is 1.87. The zero-order valence-corrected chi connectivity index (χ0v) is 8.41. The summed E-state index contributed by atoms with van der Waals surface area (Å²) in [4.78, 5) is 10.6. The number of benzene rings is 1. The van der Waals surface area contributed by atoms with Gasteiger partial charge < -0.3 is 0 Å². The molecule has 3 nitrogen and oxygen atoms in total. The Morgan fingerprint density at radius 2 is 2.08 bits per heavy atom. The molecule has 0 aliphatic heterocycles. The molecule has 0 aliphatic rings. The number of rotatable bonds is 2. The van der Waals surface area contributed by atoms with E-state index in [1.54, 1.807) is 18.2 Å². The molecule has 1 aromatic carbocycles. The minimum atomic E-state index is -0.198. The van der Waals surface area contributed by atoms with Crippen molar-refractivity contribution in [2.24, 2.45) is 0 Å². The van der Waals surface area contributed by atoms with Gasteiger partial charge in [-0.3, -0.25) is 15.6 Å². The number of amides is 1. The molecule has 1 rings (SSSR count). The second-order valence-corrected chi connectivity index (χ2v) is 3.27. The highest BCUT2D eigenvalue weighted by atomic mass is 35.5. The summed E-state index contributed by atoms with van der Waals surface area (Å²) in [7, 11) is 0. The number of carbonyl (C=O) groups is 1. The Kier molecular flexibility index (Phi) is 3.39. The summed E-state index contributed by atoms with van der Waals surface area (Å²) in [5, 5.41) is 1.05. The molecule has 2 N–H and O–H groups in total. The van der Waals surface area contributed by atoms with Crippen LogP contribution in [0.2, 0.25) is 10.0 Å². The maximum absolute atomic E-state index is 10.6. The SMILES string of the molecule is CC(=O)NNc1cc(Cl)ccc1Cl. The average Bonchev–Trinajstić information content (AvgIpc) is 2.06. The first kappa shape index (κ1) is 10.2. The summed E-state index contributed by atoms with van der Waals surface area (Å²) in [5.41, 5.74) is 5.61. The van der Waals surface area contributed by atoms with Crippen LogP contribution >= 0.6 is 23.2 Å². The lowest BCUT2D eigenvalue weighted by atomic mass is 10.3. The molecule has 0 fully saturated rings. The molecule has 0 spiro atoms. The maximum Gasteiger partial charge on any atom is 0.235 e. The van der Waals surface area contributed by atoms with Gasteiger partial charge in [-0.05, 0) is 18.2 Å². The van der Waals surface area contributed by atoms with Crippen LogP contribution in [0.15, 0.2) is 18.2 Å². The van der Waals surface area contributed by atoms with Gasteiger partial charge in [0.2, 0.25) is 5.91 Å². The van der Waals surface area contributed by atoms with Crippen LogP contribution in [0.5, 0.6) is 0 Å². The van der Waals surface area contributed by atoms with Crippen LogP contribution in [0.25, 0.3) is 0 Å². The Hall–Kier alpha value is -0.930. The molecule has 0 aliphatic carbocycles. The van der Waals surface area contributed by atoms with Crippen LogP contribution in [0.1, 0.15) is 6.92 Å². The Balaban J connectivity index is 2.75. The van der Waals surface area contributed by atoms with Crippen LogP contribution in [-0.4, -0.2) is 5.91 Å². The van der Waals surface area contributed by atoms with Crippen LogP contribution in [0, 0.1) is 0 Å². The molecule has 5 heteroatoms. The van der Waals surface area contributed by atoms with Crippen LogP contribution in [-0.2, 0) is 4.79 Å². The van der Waals surface area contributed by atoms with Crippen LogP contribution in [0.4, 0.5) is 5.69 Å². The van der Waals surface area contributed by atoms with Crippen molar-refractivity contribution in [1.29, 1.82) is 0 Å². The number of hydrazine groups is 1. The molecule has 1 amide bonds. The van der Waals surface area contributed by atoms with E-state index >= 15 is 0 Å². The van der Waals surface area contributed by atoms with Gasteiger partial charge in [0, 0.05) is 11.9 Å². The minimum absolute atomic E-state index is 0.198. The molecule has 70 valence electrons. The van der Waals surface area contributed by atoms with Crippen molar-refractivity contribution in [2.75, 3.05) is 5.43 Å². The number of hydrogen-bond acceptors (Lipinski definition) is 2. The topological polar surface area (TPSA) is 41.1 Å². The largest absolute Gasteiger partial charge is 0.297 e. The highest BCUT2D eigenvalue weighted by Crippen LogP contribution is 2.24. The van der Waals surface area contributed by atoms with Crippen molar-refractivity contribution in [1.82, 2.24) is 5.43 Å². The number of anilines is 1. The monoisotopic (exact) mass is 218 g/mol. The molecule has 0 saturated heterocycles. The van der Waals surface area contributed by atoms with E-state index in [2.05, 4.69) is 10.9 Å². The molecular weight excluding hydrogens is 211 g/mol. The van der Waals surface area contributed by atoms with Gasteiger partial charge in [-0.2, -0.15) is 0 Å². The average molecular weight is 219 g/mol. The summed E-state index contributed by atoms with van der Waals surface area (Å²) in [5.74, 6) is -0.198. The number of carbonyl (C=O) groups excluding carboxylic acids is 1. The second-order valence-electron chi connectivity index (χ2n) is 2.43. The smallest absolute Gasteiger partial charge is 0.235 e. The van der Waals surface area contributed by atoms with E-state index < -0.39 is 0 Å². The summed E-state index contributed by atoms with van der Waals surface area (Å²) in [6.07, 6.45) is 0. The molecule has 0 saturated carbocycles. The van der Waals surface area contributed by atoms with Crippen molar-refractivity contribution in [3.63, 3.8) is 0 Å². The molecule has 0 heterocycles. The van der Waals surface area contributed by atoms with E-state index in [0.29, 0.717) is 15.7 Å². The quantitative estimate of drug-likeness (QED) is 0.750. The molecule has 0 bridgehead atoms. The molecule has 0 unspecified atom stereocenters. The van der Waals surface area contributed by atoms with E-state index in [1.807, 2.05) is 0 Å². The van der Waals surface area contributed by atoms with E-state index in [-0.39, 0.29) is 5.91 Å². The van der Waals surface area contributed by atoms with Gasteiger partial charge in [-0.1, -0.05) is 23.2 Å². The van der Waals surface area contributed by atoms with Crippen molar-refractivity contribution in [3.05, 3.63) is 28.2 Å². The van der Waals surface area contributed by atoms with Gasteiger partial charge >= 0.3 is 0 Å². The summed E-state index contributed by atoms with van der Waals surface area (Å²) >= 11 is 11.5. The van der Waals surface area contributed by atoms with Crippen molar-refractivity contribution in [3.8, 4) is 0 Å². The minimum Gasteiger partial charge on any atom is -0.297 e. The van der Waals surface area contributed by atoms with Crippen molar-refractivity contribution >= 4 is 34.8 Å². The molecule has 13 heavy (non-hydrogen) atoms. The van der Waals surface area contributed by atoms with Gasteiger partial charge in [-0.25, -0.2) is 0 Å². The predicted octanol–water partition coefficient (Wildman–Crippen LogP) is 2.46. The first-order chi connectivity index (χ1) is 6.09. The number of nitrogens with one attached hydrogen (secondary N) is 2. The first-order valence-electron chi connectivity index (χ1n) is 3.57. The zero-order valence-electron chi connectivity index (χ0n) is 6.90. The highest BCUT2D eigenvalue weighted by molar-refractivity contribution is 6.35. The van der Waals surface area contributed by atoms with E-state index in [1.165, 1.54) is 6.92 Å². The molecule has 0 aromatic heterocycles. The van der Waals surface area contributed by atoms with Gasteiger partial charge in [0.05, 0.1) is 10.7 Å². The zero-order chi connectivity index (χ0) is 9.84. The van der Waals surface area contributed by atoms with Crippen LogP contribution < -0.4 is 10.9 Å². The maximum atomic E-state index is 10.6. The predicted molar refractivity (Wildman–Crippen MR) is 53.9 cm³/mol. The van der Waals surface area contributed by atoms with Gasteiger partial charge in [0.25, 0.3) is 0 Å².